The van der Waals surface area contributed by atoms with Crippen LogP contribution in [0.4, 0.5) is 0 Å². The Balaban J connectivity index is 2.21. The van der Waals surface area contributed by atoms with Gasteiger partial charge in [0.1, 0.15) is 0 Å². The zero-order valence-electron chi connectivity index (χ0n) is 8.63. The zero-order valence-corrected chi connectivity index (χ0v) is 9.45. The van der Waals surface area contributed by atoms with Crippen molar-refractivity contribution in [3.05, 3.63) is 16.6 Å². The lowest BCUT2D eigenvalue weighted by molar-refractivity contribution is 0.328. The van der Waals surface area contributed by atoms with Crippen molar-refractivity contribution in [2.24, 2.45) is 5.41 Å². The standard InChI is InChI=1S/C10H18N2S/c1-4-10(2,3)7-11-5-9-6-12-8-13-9/h6,8,11H,4-5,7H2,1-3H3. The van der Waals surface area contributed by atoms with Crippen molar-refractivity contribution in [2.45, 2.75) is 33.7 Å². The highest BCUT2D eigenvalue weighted by Gasteiger charge is 2.13. The van der Waals surface area contributed by atoms with Crippen LogP contribution in [-0.4, -0.2) is 11.5 Å². The second kappa shape index (κ2) is 4.72. The van der Waals surface area contributed by atoms with Crippen LogP contribution in [0, 0.1) is 5.41 Å². The van der Waals surface area contributed by atoms with E-state index in [-0.39, 0.29) is 0 Å². The molecule has 0 aromatic carbocycles. The SMILES string of the molecule is CCC(C)(C)CNCc1cncs1. The maximum atomic E-state index is 4.04. The summed E-state index contributed by atoms with van der Waals surface area (Å²) in [5, 5.41) is 3.45. The summed E-state index contributed by atoms with van der Waals surface area (Å²) in [5.41, 5.74) is 2.28. The summed E-state index contributed by atoms with van der Waals surface area (Å²) < 4.78 is 0. The van der Waals surface area contributed by atoms with E-state index in [1.54, 1.807) is 11.3 Å². The summed E-state index contributed by atoms with van der Waals surface area (Å²) in [5.74, 6) is 0. The highest BCUT2D eigenvalue weighted by molar-refractivity contribution is 7.09. The Morgan fingerprint density at radius 1 is 1.54 bits per heavy atom. The highest BCUT2D eigenvalue weighted by Crippen LogP contribution is 2.18. The van der Waals surface area contributed by atoms with Crippen LogP contribution < -0.4 is 5.32 Å². The molecular weight excluding hydrogens is 180 g/mol. The molecule has 0 aliphatic heterocycles. The van der Waals surface area contributed by atoms with E-state index in [0.29, 0.717) is 5.41 Å². The molecule has 0 unspecified atom stereocenters. The van der Waals surface area contributed by atoms with Gasteiger partial charge in [-0.25, -0.2) is 0 Å². The Kier molecular flexibility index (Phi) is 3.88. The first-order valence-electron chi connectivity index (χ1n) is 4.72. The van der Waals surface area contributed by atoms with E-state index in [2.05, 4.69) is 31.1 Å². The van der Waals surface area contributed by atoms with Crippen LogP contribution >= 0.6 is 11.3 Å². The molecule has 0 saturated heterocycles. The van der Waals surface area contributed by atoms with E-state index in [4.69, 9.17) is 0 Å². The monoisotopic (exact) mass is 198 g/mol. The number of hydrogen-bond acceptors (Lipinski definition) is 3. The lowest BCUT2D eigenvalue weighted by Gasteiger charge is -2.22. The quantitative estimate of drug-likeness (QED) is 0.787. The normalized spacial score (nSPS) is 11.9. The molecule has 3 heteroatoms. The van der Waals surface area contributed by atoms with Crippen LogP contribution in [0.5, 0.6) is 0 Å². The van der Waals surface area contributed by atoms with Gasteiger partial charge in [0.15, 0.2) is 0 Å². The first-order valence-corrected chi connectivity index (χ1v) is 5.60. The predicted molar refractivity (Wildman–Crippen MR) is 57.9 cm³/mol. The van der Waals surface area contributed by atoms with Crippen molar-refractivity contribution in [3.63, 3.8) is 0 Å². The second-order valence-corrected chi connectivity index (χ2v) is 5.06. The predicted octanol–water partition coefficient (Wildman–Crippen LogP) is 2.67. The van der Waals surface area contributed by atoms with Gasteiger partial charge in [-0.2, -0.15) is 0 Å². The van der Waals surface area contributed by atoms with Gasteiger partial charge < -0.3 is 5.32 Å². The van der Waals surface area contributed by atoms with Crippen LogP contribution in [0.25, 0.3) is 0 Å². The third-order valence-electron chi connectivity index (χ3n) is 2.34. The van der Waals surface area contributed by atoms with Crippen molar-refractivity contribution in [2.75, 3.05) is 6.54 Å². The molecule has 1 rings (SSSR count). The molecule has 0 aliphatic carbocycles. The lowest BCUT2D eigenvalue weighted by Crippen LogP contribution is -2.28. The molecule has 0 bridgehead atoms. The molecule has 1 aromatic rings. The Labute approximate surface area is 84.4 Å². The van der Waals surface area contributed by atoms with Crippen LogP contribution in [0.1, 0.15) is 32.1 Å². The number of aromatic nitrogens is 1. The fraction of sp³-hybridized carbons (Fsp3) is 0.700. The maximum absolute atomic E-state index is 4.04. The van der Waals surface area contributed by atoms with Gasteiger partial charge >= 0.3 is 0 Å². The average Bonchev–Trinajstić information content (AvgIpc) is 2.57. The number of rotatable bonds is 5. The van der Waals surface area contributed by atoms with Gasteiger partial charge in [-0.15, -0.1) is 11.3 Å². The van der Waals surface area contributed by atoms with Crippen LogP contribution in [-0.2, 0) is 6.54 Å². The molecule has 1 N–H and O–H groups in total. The van der Waals surface area contributed by atoms with Crippen LogP contribution in [0.15, 0.2) is 11.7 Å². The molecule has 0 spiro atoms. The van der Waals surface area contributed by atoms with E-state index in [9.17, 15) is 0 Å². The van der Waals surface area contributed by atoms with Gasteiger partial charge in [0, 0.05) is 24.2 Å². The minimum absolute atomic E-state index is 0.407. The molecule has 0 amide bonds. The van der Waals surface area contributed by atoms with Crippen molar-refractivity contribution >= 4 is 11.3 Å². The Morgan fingerprint density at radius 2 is 2.31 bits per heavy atom. The van der Waals surface area contributed by atoms with E-state index in [1.165, 1.54) is 11.3 Å². The number of nitrogens with zero attached hydrogens (tertiary/aromatic N) is 1. The number of hydrogen-bond donors (Lipinski definition) is 1. The smallest absolute Gasteiger partial charge is 0.0794 e. The van der Waals surface area contributed by atoms with Crippen molar-refractivity contribution in [1.29, 1.82) is 0 Å². The second-order valence-electron chi connectivity index (χ2n) is 4.09. The van der Waals surface area contributed by atoms with Gasteiger partial charge in [-0.05, 0) is 11.8 Å². The minimum atomic E-state index is 0.407. The molecule has 0 aliphatic rings. The zero-order chi connectivity index (χ0) is 9.73. The fourth-order valence-electron chi connectivity index (χ4n) is 0.979. The molecule has 2 nitrogen and oxygen atoms in total. The molecule has 1 aromatic heterocycles. The van der Waals surface area contributed by atoms with Gasteiger partial charge in [-0.3, -0.25) is 4.98 Å². The molecular formula is C10H18N2S. The fourth-order valence-corrected chi connectivity index (χ4v) is 1.54. The molecule has 1 heterocycles. The molecule has 0 saturated carbocycles. The third-order valence-corrected chi connectivity index (χ3v) is 3.12. The largest absolute Gasteiger partial charge is 0.311 e. The lowest BCUT2D eigenvalue weighted by atomic mass is 9.90. The summed E-state index contributed by atoms with van der Waals surface area (Å²) in [4.78, 5) is 5.35. The van der Waals surface area contributed by atoms with Gasteiger partial charge in [0.25, 0.3) is 0 Å². The van der Waals surface area contributed by atoms with Crippen LogP contribution in [0.2, 0.25) is 0 Å². The summed E-state index contributed by atoms with van der Waals surface area (Å²) in [6.07, 6.45) is 3.14. The summed E-state index contributed by atoms with van der Waals surface area (Å²) in [7, 11) is 0. The van der Waals surface area contributed by atoms with Gasteiger partial charge in [0.05, 0.1) is 5.51 Å². The first-order chi connectivity index (χ1) is 6.14. The Hall–Kier alpha value is -0.410. The number of thiazole rings is 1. The van der Waals surface area contributed by atoms with Crippen LogP contribution in [0.3, 0.4) is 0 Å². The minimum Gasteiger partial charge on any atom is -0.311 e. The van der Waals surface area contributed by atoms with Gasteiger partial charge in [-0.1, -0.05) is 20.8 Å². The number of nitrogens with one attached hydrogen (secondary N) is 1. The molecule has 13 heavy (non-hydrogen) atoms. The Morgan fingerprint density at radius 3 is 2.85 bits per heavy atom. The molecule has 0 atom stereocenters. The van der Waals surface area contributed by atoms with E-state index in [0.717, 1.165) is 13.1 Å². The third kappa shape index (κ3) is 3.87. The van der Waals surface area contributed by atoms with E-state index >= 15 is 0 Å². The first kappa shape index (κ1) is 10.7. The summed E-state index contributed by atoms with van der Waals surface area (Å²) in [6.45, 7) is 8.82. The molecule has 74 valence electrons. The molecule has 0 fully saturated rings. The van der Waals surface area contributed by atoms with Gasteiger partial charge in [0.2, 0.25) is 0 Å². The van der Waals surface area contributed by atoms with Crippen molar-refractivity contribution < 1.29 is 0 Å². The van der Waals surface area contributed by atoms with E-state index < -0.39 is 0 Å². The summed E-state index contributed by atoms with van der Waals surface area (Å²) >= 11 is 1.71. The summed E-state index contributed by atoms with van der Waals surface area (Å²) in [6, 6.07) is 0. The molecule has 0 radical (unpaired) electrons. The highest BCUT2D eigenvalue weighted by atomic mass is 32.1. The topological polar surface area (TPSA) is 24.9 Å². The van der Waals surface area contributed by atoms with Crippen molar-refractivity contribution in [3.8, 4) is 0 Å². The average molecular weight is 198 g/mol. The Bertz CT molecular complexity index is 229. The maximum Gasteiger partial charge on any atom is 0.0794 e. The van der Waals surface area contributed by atoms with Crippen molar-refractivity contribution in [1.82, 2.24) is 10.3 Å². The van der Waals surface area contributed by atoms with E-state index in [1.807, 2.05) is 11.7 Å².